The first-order valence-electron chi connectivity index (χ1n) is 30.9. The topological polar surface area (TPSA) is 6.48 Å². The maximum absolute atomic E-state index is 9.46. The number of hydrogen-bond acceptors (Lipinski definition) is 2. The molecule has 0 aromatic heterocycles. The van der Waals surface area contributed by atoms with E-state index in [1.54, 1.807) is 0 Å². The number of benzene rings is 9. The Morgan fingerprint density at radius 3 is 1.44 bits per heavy atom. The zero-order valence-corrected chi connectivity index (χ0v) is 49.3. The Morgan fingerprint density at radius 1 is 0.375 bits per heavy atom. The Balaban J connectivity index is 1.15. The molecule has 2 heterocycles. The summed E-state index contributed by atoms with van der Waals surface area (Å²) in [6, 6.07) is 72.1. The van der Waals surface area contributed by atoms with E-state index in [9.17, 15) is 4.11 Å². The molecule has 0 atom stereocenters. The molecule has 400 valence electrons. The smallest absolute Gasteiger partial charge is 0.252 e. The Hall–Kier alpha value is -7.36. The number of rotatable bonds is 8. The van der Waals surface area contributed by atoms with Crippen molar-refractivity contribution in [2.45, 2.75) is 148 Å². The van der Waals surface area contributed by atoms with E-state index in [0.29, 0.717) is 5.56 Å². The molecular weight excluding hydrogens is 964 g/mol. The van der Waals surface area contributed by atoms with E-state index in [0.717, 1.165) is 82.0 Å². The van der Waals surface area contributed by atoms with Gasteiger partial charge in [0.05, 0.1) is 5.69 Å². The fourth-order valence-electron chi connectivity index (χ4n) is 14.6. The lowest BCUT2D eigenvalue weighted by atomic mass is 9.33. The highest BCUT2D eigenvalue weighted by Crippen LogP contribution is 2.54. The summed E-state index contributed by atoms with van der Waals surface area (Å²) < 4.78 is 28.4. The molecule has 3 heteroatoms. The molecule has 0 spiro atoms. The van der Waals surface area contributed by atoms with Gasteiger partial charge in [0, 0.05) is 48.9 Å². The minimum atomic E-state index is -2.43. The molecular formula is C77H79BN2. The van der Waals surface area contributed by atoms with Crippen LogP contribution in [0, 0.1) is 6.85 Å². The molecule has 9 aromatic carbocycles. The van der Waals surface area contributed by atoms with E-state index >= 15 is 0 Å². The first kappa shape index (κ1) is 48.5. The van der Waals surface area contributed by atoms with Gasteiger partial charge in [0.1, 0.15) is 0 Å². The lowest BCUT2D eigenvalue weighted by Gasteiger charge is -2.48. The van der Waals surface area contributed by atoms with Crippen LogP contribution >= 0.6 is 0 Å². The summed E-state index contributed by atoms with van der Waals surface area (Å²) in [5.41, 5.74) is 24.0. The summed E-state index contributed by atoms with van der Waals surface area (Å²) in [4.78, 5) is 4.96. The van der Waals surface area contributed by atoms with Gasteiger partial charge in [-0.15, -0.1) is 0 Å². The third-order valence-corrected chi connectivity index (χ3v) is 20.1. The van der Waals surface area contributed by atoms with Crippen molar-refractivity contribution >= 4 is 57.2 Å². The molecule has 2 aliphatic carbocycles. The second-order valence-electron chi connectivity index (χ2n) is 27.7. The van der Waals surface area contributed by atoms with Crippen LogP contribution in [0.2, 0.25) is 0 Å². The maximum atomic E-state index is 9.46. The highest BCUT2D eigenvalue weighted by Gasteiger charge is 2.48. The largest absolute Gasteiger partial charge is 0.311 e. The standard InChI is InChI=1S/C77H79BN2/c1-50-43-69-71-70(44-50)80(66-38-34-56(76(10,11)54-25-19-15-20-26-54)45-59(66)53-31-29-52(30-32-53)51-23-17-14-18-24-51)67-46-57(77(12,13)55-27-21-16-22-28-55)33-37-64(67)78(71)65-48-62-63(75(8,9)42-41-74(62,6)7)49-68(65)79(69)58-35-36-60-61(47-58)73(4,5)40-39-72(60,2)3/h14-38,43-49H,39-42H2,1-13H3/i1D3. The third-order valence-electron chi connectivity index (χ3n) is 20.1. The van der Waals surface area contributed by atoms with Gasteiger partial charge in [-0.1, -0.05) is 229 Å². The fraction of sp³-hybridized carbons (Fsp3) is 0.299. The molecule has 9 aromatic rings. The highest BCUT2D eigenvalue weighted by atomic mass is 15.2. The summed E-state index contributed by atoms with van der Waals surface area (Å²) >= 11 is 0. The number of nitrogens with zero attached hydrogens (tertiary/aromatic N) is 2. The van der Waals surface area contributed by atoms with Crippen molar-refractivity contribution in [3.63, 3.8) is 0 Å². The van der Waals surface area contributed by atoms with Gasteiger partial charge in [-0.2, -0.15) is 0 Å². The van der Waals surface area contributed by atoms with Crippen molar-refractivity contribution in [2.75, 3.05) is 9.80 Å². The zero-order valence-electron chi connectivity index (χ0n) is 52.3. The Labute approximate surface area is 483 Å². The minimum absolute atomic E-state index is 0.0207. The number of hydrogen-bond donors (Lipinski definition) is 0. The maximum Gasteiger partial charge on any atom is 0.252 e. The van der Waals surface area contributed by atoms with Gasteiger partial charge in [0.2, 0.25) is 0 Å². The summed E-state index contributed by atoms with van der Waals surface area (Å²) in [5.74, 6) is 0. The molecule has 0 unspecified atom stereocenters. The van der Waals surface area contributed by atoms with Crippen molar-refractivity contribution in [3.8, 4) is 22.3 Å². The van der Waals surface area contributed by atoms with Crippen LogP contribution in [0.5, 0.6) is 0 Å². The molecule has 2 nitrogen and oxygen atoms in total. The molecule has 2 aliphatic heterocycles. The van der Waals surface area contributed by atoms with E-state index in [4.69, 9.17) is 0 Å². The molecule has 0 N–H and O–H groups in total. The van der Waals surface area contributed by atoms with E-state index in [1.165, 1.54) is 61.0 Å². The number of anilines is 6. The van der Waals surface area contributed by atoms with Crippen LogP contribution in [-0.2, 0) is 32.5 Å². The molecule has 0 fully saturated rings. The Bertz CT molecular complexity index is 4020. The van der Waals surface area contributed by atoms with E-state index in [-0.39, 0.29) is 39.2 Å². The van der Waals surface area contributed by atoms with Gasteiger partial charge >= 0.3 is 0 Å². The van der Waals surface area contributed by atoms with Gasteiger partial charge in [-0.3, -0.25) is 0 Å². The average molecular weight is 1050 g/mol. The van der Waals surface area contributed by atoms with Crippen molar-refractivity contribution in [1.82, 2.24) is 0 Å². The van der Waals surface area contributed by atoms with E-state index < -0.39 is 6.85 Å². The van der Waals surface area contributed by atoms with Crippen LogP contribution in [0.3, 0.4) is 0 Å². The van der Waals surface area contributed by atoms with Gasteiger partial charge in [-0.25, -0.2) is 0 Å². The van der Waals surface area contributed by atoms with Crippen LogP contribution < -0.4 is 26.2 Å². The second-order valence-corrected chi connectivity index (χ2v) is 27.7. The van der Waals surface area contributed by atoms with Crippen molar-refractivity contribution in [3.05, 3.63) is 244 Å². The summed E-state index contributed by atoms with van der Waals surface area (Å²) in [5, 5.41) is 0. The summed E-state index contributed by atoms with van der Waals surface area (Å²) in [6.07, 6.45) is 4.38. The number of aryl methyl sites for hydroxylation is 1. The summed E-state index contributed by atoms with van der Waals surface area (Å²) in [6.45, 7) is 26.0. The monoisotopic (exact) mass is 1050 g/mol. The molecule has 4 aliphatic rings. The predicted molar refractivity (Wildman–Crippen MR) is 344 cm³/mol. The van der Waals surface area contributed by atoms with Crippen LogP contribution in [0.1, 0.15) is 163 Å². The predicted octanol–water partition coefficient (Wildman–Crippen LogP) is 18.8. The first-order chi connectivity index (χ1) is 39.3. The third kappa shape index (κ3) is 8.26. The zero-order chi connectivity index (χ0) is 58.4. The molecule has 80 heavy (non-hydrogen) atoms. The lowest BCUT2D eigenvalue weighted by molar-refractivity contribution is 0.332. The van der Waals surface area contributed by atoms with Crippen molar-refractivity contribution in [2.24, 2.45) is 0 Å². The van der Waals surface area contributed by atoms with Crippen molar-refractivity contribution in [1.29, 1.82) is 0 Å². The van der Waals surface area contributed by atoms with Crippen LogP contribution in [0.25, 0.3) is 22.3 Å². The quantitative estimate of drug-likeness (QED) is 0.140. The van der Waals surface area contributed by atoms with Gasteiger partial charge in [0.15, 0.2) is 0 Å². The first-order valence-corrected chi connectivity index (χ1v) is 29.4. The normalized spacial score (nSPS) is 17.9. The SMILES string of the molecule is [2H]C([2H])([2H])c1cc2c3c(c1)N(c1ccc(C(C)(C)c4ccccc4)cc1-c1ccc(-c4ccccc4)cc1)c1cc(C(C)(C)c4ccccc4)ccc1B3c1cc3c(cc1N2c1ccc2c(c1)C(C)(C)CCC2(C)C)C(C)(C)CCC3(C)C. The molecule has 0 saturated heterocycles. The number of fused-ring (bicyclic) bond motifs is 6. The lowest BCUT2D eigenvalue weighted by Crippen LogP contribution is -2.62. The van der Waals surface area contributed by atoms with Gasteiger partial charge < -0.3 is 9.80 Å². The Kier molecular flexibility index (Phi) is 11.1. The summed E-state index contributed by atoms with van der Waals surface area (Å²) in [7, 11) is 0. The van der Waals surface area contributed by atoms with Crippen LogP contribution in [0.15, 0.2) is 194 Å². The fourth-order valence-corrected chi connectivity index (χ4v) is 14.6. The highest BCUT2D eigenvalue weighted by molar-refractivity contribution is 7.00. The molecule has 13 rings (SSSR count). The van der Waals surface area contributed by atoms with Gasteiger partial charge in [-0.05, 0) is 186 Å². The molecule has 0 radical (unpaired) electrons. The van der Waals surface area contributed by atoms with Gasteiger partial charge in [0.25, 0.3) is 6.71 Å². The molecule has 0 bridgehead atoms. The Morgan fingerprint density at radius 2 is 0.850 bits per heavy atom. The molecule has 0 amide bonds. The average Bonchev–Trinajstić information content (AvgIpc) is 3.45. The molecule has 0 saturated carbocycles. The van der Waals surface area contributed by atoms with Crippen molar-refractivity contribution < 1.29 is 4.11 Å². The van der Waals surface area contributed by atoms with Crippen LogP contribution in [-0.4, -0.2) is 6.71 Å². The minimum Gasteiger partial charge on any atom is -0.311 e. The second kappa shape index (κ2) is 18.3. The van der Waals surface area contributed by atoms with E-state index in [2.05, 4.69) is 275 Å². The van der Waals surface area contributed by atoms with Crippen LogP contribution in [0.4, 0.5) is 34.1 Å². The van der Waals surface area contributed by atoms with E-state index in [1.807, 2.05) is 12.1 Å².